The van der Waals surface area contributed by atoms with Crippen LogP contribution < -0.4 is 10.1 Å². The van der Waals surface area contributed by atoms with Crippen molar-refractivity contribution in [3.8, 4) is 5.75 Å². The molecule has 0 unspecified atom stereocenters. The summed E-state index contributed by atoms with van der Waals surface area (Å²) in [4.78, 5) is 11.0. The predicted octanol–water partition coefficient (Wildman–Crippen LogP) is 4.48. The molecule has 0 saturated carbocycles. The summed E-state index contributed by atoms with van der Waals surface area (Å²) in [5.74, 6) is 0.779. The maximum Gasteiger partial charge on any atom is 0.333 e. The van der Waals surface area contributed by atoms with Crippen molar-refractivity contribution < 1.29 is 9.66 Å². The first-order valence-corrected chi connectivity index (χ1v) is 7.33. The van der Waals surface area contributed by atoms with E-state index in [-0.39, 0.29) is 22.1 Å². The van der Waals surface area contributed by atoms with Crippen LogP contribution in [0.4, 0.5) is 11.4 Å². The number of rotatable bonds is 7. The summed E-state index contributed by atoms with van der Waals surface area (Å²) in [5.41, 5.74) is 0.556. The van der Waals surface area contributed by atoms with Crippen LogP contribution in [0.25, 0.3) is 0 Å². The number of nitro groups is 1. The first kappa shape index (κ1) is 17.3. The molecular weight excluding hydrogens is 268 g/mol. The molecule has 0 heterocycles. The number of hydrogen-bond donors (Lipinski definition) is 1. The molecule has 5 nitrogen and oxygen atoms in total. The number of ether oxygens (including phenoxy) is 1. The summed E-state index contributed by atoms with van der Waals surface area (Å²) >= 11 is 0. The van der Waals surface area contributed by atoms with Gasteiger partial charge in [-0.25, -0.2) is 0 Å². The Morgan fingerprint density at radius 2 is 1.90 bits per heavy atom. The van der Waals surface area contributed by atoms with Gasteiger partial charge in [-0.1, -0.05) is 33.8 Å². The van der Waals surface area contributed by atoms with Crippen molar-refractivity contribution in [2.24, 2.45) is 11.3 Å². The molecule has 0 bridgehead atoms. The van der Waals surface area contributed by atoms with Crippen molar-refractivity contribution in [1.29, 1.82) is 0 Å². The number of nitrogens with zero attached hydrogens (tertiary/aromatic N) is 1. The van der Waals surface area contributed by atoms with Crippen LogP contribution in [0.15, 0.2) is 18.2 Å². The second-order valence-electron chi connectivity index (χ2n) is 6.57. The molecule has 0 aliphatic carbocycles. The van der Waals surface area contributed by atoms with Gasteiger partial charge in [0.05, 0.1) is 11.0 Å². The largest absolute Gasteiger partial charge is 0.484 e. The highest BCUT2D eigenvalue weighted by Gasteiger charge is 2.26. The summed E-state index contributed by atoms with van der Waals surface area (Å²) < 4.78 is 5.55. The number of benzene rings is 1. The lowest BCUT2D eigenvalue weighted by molar-refractivity contribution is -0.385. The van der Waals surface area contributed by atoms with Crippen molar-refractivity contribution in [3.05, 3.63) is 28.3 Å². The van der Waals surface area contributed by atoms with Gasteiger partial charge < -0.3 is 10.1 Å². The molecule has 1 aromatic rings. The minimum Gasteiger partial charge on any atom is -0.484 e. The first-order chi connectivity index (χ1) is 9.65. The van der Waals surface area contributed by atoms with Crippen LogP contribution in [0.1, 0.15) is 41.5 Å². The fourth-order valence-corrected chi connectivity index (χ4v) is 1.73. The summed E-state index contributed by atoms with van der Waals surface area (Å²) in [6.45, 7) is 13.0. The molecule has 1 rings (SSSR count). The lowest BCUT2D eigenvalue weighted by atomic mass is 9.81. The molecule has 0 aromatic heterocycles. The van der Waals surface area contributed by atoms with Crippen molar-refractivity contribution in [2.45, 2.75) is 47.6 Å². The fraction of sp³-hybridized carbons (Fsp3) is 0.625. The normalized spacial score (nSPS) is 11.8. The van der Waals surface area contributed by atoms with E-state index in [4.69, 9.17) is 4.74 Å². The van der Waals surface area contributed by atoms with Crippen LogP contribution >= 0.6 is 0 Å². The highest BCUT2D eigenvalue weighted by molar-refractivity contribution is 5.68. The highest BCUT2D eigenvalue weighted by Crippen LogP contribution is 2.36. The maximum absolute atomic E-state index is 11.4. The van der Waals surface area contributed by atoms with E-state index >= 15 is 0 Å². The van der Waals surface area contributed by atoms with Crippen molar-refractivity contribution in [1.82, 2.24) is 0 Å². The van der Waals surface area contributed by atoms with Gasteiger partial charge >= 0.3 is 5.69 Å². The van der Waals surface area contributed by atoms with Crippen LogP contribution in [0.2, 0.25) is 0 Å². The van der Waals surface area contributed by atoms with E-state index in [9.17, 15) is 10.1 Å². The average Bonchev–Trinajstić information content (AvgIpc) is 2.35. The smallest absolute Gasteiger partial charge is 0.333 e. The Kier molecular flexibility index (Phi) is 5.58. The van der Waals surface area contributed by atoms with Gasteiger partial charge in [0, 0.05) is 6.54 Å². The Balaban J connectivity index is 3.04. The Labute approximate surface area is 126 Å². The lowest BCUT2D eigenvalue weighted by Crippen LogP contribution is -2.28. The molecule has 1 aromatic carbocycles. The van der Waals surface area contributed by atoms with E-state index in [2.05, 4.69) is 33.0 Å². The minimum absolute atomic E-state index is 0.00533. The quantitative estimate of drug-likeness (QED) is 0.595. The molecule has 0 spiro atoms. The van der Waals surface area contributed by atoms with E-state index in [0.29, 0.717) is 23.9 Å². The Hall–Kier alpha value is -1.78. The highest BCUT2D eigenvalue weighted by atomic mass is 16.6. The van der Waals surface area contributed by atoms with Crippen LogP contribution in [-0.2, 0) is 0 Å². The third-order valence-corrected chi connectivity index (χ3v) is 3.84. The van der Waals surface area contributed by atoms with Gasteiger partial charge in [0.25, 0.3) is 0 Å². The summed E-state index contributed by atoms with van der Waals surface area (Å²) in [6.07, 6.45) is -0.106. The Morgan fingerprint density at radius 1 is 1.29 bits per heavy atom. The number of nitrogens with one attached hydrogen (secondary N) is 1. The first-order valence-electron chi connectivity index (χ1n) is 7.33. The standard InChI is InChI=1S/C16H26N2O3/c1-11(2)16(5,6)10-17-13-8-7-9-14(21-12(3)4)15(13)18(19)20/h7-9,11-12,17H,10H2,1-6H3. The molecule has 0 saturated heterocycles. The molecule has 1 N–H and O–H groups in total. The molecule has 0 amide bonds. The monoisotopic (exact) mass is 294 g/mol. The van der Waals surface area contributed by atoms with Crippen molar-refractivity contribution >= 4 is 11.4 Å². The number of para-hydroxylation sites is 1. The number of hydrogen-bond acceptors (Lipinski definition) is 4. The van der Waals surface area contributed by atoms with Gasteiger partial charge in [0.2, 0.25) is 0 Å². The summed E-state index contributed by atoms with van der Waals surface area (Å²) in [5, 5.41) is 14.6. The van der Waals surface area contributed by atoms with Crippen LogP contribution in [0.3, 0.4) is 0 Å². The zero-order valence-electron chi connectivity index (χ0n) is 13.8. The molecule has 0 aliphatic rings. The molecule has 0 atom stereocenters. The average molecular weight is 294 g/mol. The number of anilines is 1. The van der Waals surface area contributed by atoms with E-state index in [1.165, 1.54) is 0 Å². The second-order valence-corrected chi connectivity index (χ2v) is 6.57. The maximum atomic E-state index is 11.4. The van der Waals surface area contributed by atoms with Crippen molar-refractivity contribution in [2.75, 3.05) is 11.9 Å². The topological polar surface area (TPSA) is 64.4 Å². The molecule has 0 aliphatic heterocycles. The van der Waals surface area contributed by atoms with E-state index < -0.39 is 0 Å². The van der Waals surface area contributed by atoms with Gasteiger partial charge in [-0.15, -0.1) is 0 Å². The van der Waals surface area contributed by atoms with Gasteiger partial charge in [0.1, 0.15) is 5.69 Å². The number of nitro benzene ring substituents is 1. The summed E-state index contributed by atoms with van der Waals surface area (Å²) in [6, 6.07) is 5.13. The SMILES string of the molecule is CC(C)Oc1cccc(NCC(C)(C)C(C)C)c1[N+](=O)[O-]. The van der Waals surface area contributed by atoms with Crippen LogP contribution in [-0.4, -0.2) is 17.6 Å². The molecular formula is C16H26N2O3. The fourth-order valence-electron chi connectivity index (χ4n) is 1.73. The Bertz CT molecular complexity index is 496. The van der Waals surface area contributed by atoms with Gasteiger partial charge in [0.15, 0.2) is 5.75 Å². The van der Waals surface area contributed by atoms with Crippen LogP contribution in [0.5, 0.6) is 5.75 Å². The van der Waals surface area contributed by atoms with Gasteiger partial charge in [-0.3, -0.25) is 10.1 Å². The molecule has 21 heavy (non-hydrogen) atoms. The Morgan fingerprint density at radius 3 is 2.38 bits per heavy atom. The molecule has 0 fully saturated rings. The molecule has 0 radical (unpaired) electrons. The molecule has 118 valence electrons. The van der Waals surface area contributed by atoms with Gasteiger partial charge in [-0.05, 0) is 37.3 Å². The zero-order chi connectivity index (χ0) is 16.2. The minimum atomic E-state index is -0.386. The zero-order valence-corrected chi connectivity index (χ0v) is 13.8. The second kappa shape index (κ2) is 6.78. The predicted molar refractivity (Wildman–Crippen MR) is 86.0 cm³/mol. The van der Waals surface area contributed by atoms with Crippen molar-refractivity contribution in [3.63, 3.8) is 0 Å². The molecule has 5 heteroatoms. The van der Waals surface area contributed by atoms with Crippen LogP contribution in [0, 0.1) is 21.4 Å². The van der Waals surface area contributed by atoms with Gasteiger partial charge in [-0.2, -0.15) is 0 Å². The van der Waals surface area contributed by atoms with E-state index in [1.54, 1.807) is 18.2 Å². The third-order valence-electron chi connectivity index (χ3n) is 3.84. The third kappa shape index (κ3) is 4.62. The summed E-state index contributed by atoms with van der Waals surface area (Å²) in [7, 11) is 0. The van der Waals surface area contributed by atoms with E-state index in [1.807, 2.05) is 13.8 Å². The lowest BCUT2D eigenvalue weighted by Gasteiger charge is -2.29. The van der Waals surface area contributed by atoms with E-state index in [0.717, 1.165) is 0 Å².